The molecule has 0 amide bonds. The van der Waals surface area contributed by atoms with Gasteiger partial charge in [0.2, 0.25) is 0 Å². The van der Waals surface area contributed by atoms with Crippen LogP contribution in [0.15, 0.2) is 0 Å². The number of ether oxygens (including phenoxy) is 1. The Labute approximate surface area is 128 Å². The minimum absolute atomic E-state index is 0.0784. The van der Waals surface area contributed by atoms with Crippen LogP contribution < -0.4 is 0 Å². The fourth-order valence-electron chi connectivity index (χ4n) is 7.89. The van der Waals surface area contributed by atoms with Gasteiger partial charge in [0, 0.05) is 5.41 Å². The molecule has 8 atom stereocenters. The summed E-state index contributed by atoms with van der Waals surface area (Å²) in [5.41, 5.74) is 0.719. The van der Waals surface area contributed by atoms with Gasteiger partial charge in [-0.25, -0.2) is 0 Å². The lowest BCUT2D eigenvalue weighted by Gasteiger charge is -2.48. The van der Waals surface area contributed by atoms with Crippen molar-refractivity contribution in [3.05, 3.63) is 0 Å². The maximum absolute atomic E-state index is 11.7. The third kappa shape index (κ3) is 1.48. The predicted molar refractivity (Wildman–Crippen MR) is 80.4 cm³/mol. The van der Waals surface area contributed by atoms with E-state index < -0.39 is 0 Å². The molecular weight excluding hydrogens is 260 g/mol. The first kappa shape index (κ1) is 13.0. The highest BCUT2D eigenvalue weighted by Crippen LogP contribution is 2.75. The molecule has 1 aliphatic heterocycles. The van der Waals surface area contributed by atoms with Crippen molar-refractivity contribution in [3.8, 4) is 0 Å². The molecule has 21 heavy (non-hydrogen) atoms. The molecule has 0 aromatic rings. The molecule has 0 aromatic carbocycles. The molecule has 0 radical (unpaired) electrons. The lowest BCUT2D eigenvalue weighted by molar-refractivity contribution is -0.137. The average molecular weight is 288 g/mol. The van der Waals surface area contributed by atoms with Gasteiger partial charge in [0.25, 0.3) is 0 Å². The van der Waals surface area contributed by atoms with E-state index in [4.69, 9.17) is 4.74 Å². The van der Waals surface area contributed by atoms with Crippen LogP contribution in [0.2, 0.25) is 0 Å². The molecule has 8 unspecified atom stereocenters. The second-order valence-electron chi connectivity index (χ2n) is 10.0. The van der Waals surface area contributed by atoms with Gasteiger partial charge in [-0.05, 0) is 72.5 Å². The molecule has 0 aromatic heterocycles. The van der Waals surface area contributed by atoms with Gasteiger partial charge in [-0.2, -0.15) is 0 Å². The Kier molecular flexibility index (Phi) is 2.27. The summed E-state index contributed by atoms with van der Waals surface area (Å²) in [6.45, 7) is 8.07. The number of cyclic esters (lactones) is 1. The van der Waals surface area contributed by atoms with Gasteiger partial charge >= 0.3 is 5.97 Å². The number of carbonyl (C=O) groups is 1. The third-order valence-corrected chi connectivity index (χ3v) is 8.28. The van der Waals surface area contributed by atoms with Crippen LogP contribution in [-0.2, 0) is 9.53 Å². The first-order valence-corrected chi connectivity index (χ1v) is 9.05. The molecule has 2 nitrogen and oxygen atoms in total. The quantitative estimate of drug-likeness (QED) is 0.499. The van der Waals surface area contributed by atoms with Crippen LogP contribution in [0.1, 0.15) is 52.9 Å². The number of hydrogen-bond donors (Lipinski definition) is 0. The van der Waals surface area contributed by atoms with Crippen LogP contribution in [0.4, 0.5) is 0 Å². The second kappa shape index (κ2) is 3.68. The third-order valence-electron chi connectivity index (χ3n) is 8.28. The monoisotopic (exact) mass is 288 g/mol. The second-order valence-corrected chi connectivity index (χ2v) is 10.0. The van der Waals surface area contributed by atoms with Crippen molar-refractivity contribution in [1.82, 2.24) is 0 Å². The summed E-state index contributed by atoms with van der Waals surface area (Å²) in [4.78, 5) is 11.7. The highest BCUT2D eigenvalue weighted by atomic mass is 16.5. The smallest absolute Gasteiger partial charge is 0.306 e. The van der Waals surface area contributed by atoms with Crippen LogP contribution in [-0.4, -0.2) is 12.6 Å². The Balaban J connectivity index is 1.49. The Morgan fingerprint density at radius 3 is 2.57 bits per heavy atom. The normalized spacial score (nSPS) is 57.3. The minimum atomic E-state index is 0.0784. The summed E-state index contributed by atoms with van der Waals surface area (Å²) in [5, 5.41) is 0. The maximum Gasteiger partial charge on any atom is 0.306 e. The molecule has 4 bridgehead atoms. The standard InChI is InChI=1S/C19H28O2/c1-18(2,3)13-5-10-4-12(13)17-14-6-11(16(10)17)7-19(14)8-15(20)21-9-19/h10-14,16-17H,4-9H2,1-3H3. The van der Waals surface area contributed by atoms with E-state index in [2.05, 4.69) is 20.8 Å². The topological polar surface area (TPSA) is 26.3 Å². The van der Waals surface area contributed by atoms with Crippen LogP contribution in [0.25, 0.3) is 0 Å². The molecule has 5 fully saturated rings. The van der Waals surface area contributed by atoms with Crippen molar-refractivity contribution in [1.29, 1.82) is 0 Å². The molecule has 1 heterocycles. The zero-order valence-electron chi connectivity index (χ0n) is 13.6. The zero-order chi connectivity index (χ0) is 14.6. The number of esters is 1. The summed E-state index contributed by atoms with van der Waals surface area (Å²) >= 11 is 0. The van der Waals surface area contributed by atoms with E-state index in [0.29, 0.717) is 5.41 Å². The van der Waals surface area contributed by atoms with Crippen molar-refractivity contribution in [2.75, 3.05) is 6.61 Å². The van der Waals surface area contributed by atoms with Crippen LogP contribution in [0.5, 0.6) is 0 Å². The Morgan fingerprint density at radius 1 is 1.10 bits per heavy atom. The number of hydrogen-bond acceptors (Lipinski definition) is 2. The molecule has 5 rings (SSSR count). The summed E-state index contributed by atoms with van der Waals surface area (Å²) in [5.74, 6) is 6.62. The van der Waals surface area contributed by atoms with Crippen molar-refractivity contribution < 1.29 is 9.53 Å². The van der Waals surface area contributed by atoms with Crippen molar-refractivity contribution >= 4 is 5.97 Å². The number of fused-ring (bicyclic) bond motifs is 10. The predicted octanol–water partition coefficient (Wildman–Crippen LogP) is 3.89. The van der Waals surface area contributed by atoms with E-state index in [1.807, 2.05) is 0 Å². The molecule has 4 saturated carbocycles. The summed E-state index contributed by atoms with van der Waals surface area (Å²) in [6, 6.07) is 0. The number of carbonyl (C=O) groups excluding carboxylic acids is 1. The SMILES string of the molecule is CC(C)(C)C1CC2CC1C1C2C2CC1C1(COC(=O)C1)C2. The molecular formula is C19H28O2. The molecule has 5 aliphatic rings. The first-order valence-electron chi connectivity index (χ1n) is 9.05. The maximum atomic E-state index is 11.7. The molecule has 0 N–H and O–H groups in total. The largest absolute Gasteiger partial charge is 0.465 e. The van der Waals surface area contributed by atoms with E-state index in [0.717, 1.165) is 54.5 Å². The van der Waals surface area contributed by atoms with E-state index >= 15 is 0 Å². The molecule has 1 spiro atoms. The Bertz CT molecular complexity index is 504. The Hall–Kier alpha value is -0.530. The average Bonchev–Trinajstić information content (AvgIpc) is 3.13. The van der Waals surface area contributed by atoms with Crippen LogP contribution in [0, 0.1) is 52.3 Å². The van der Waals surface area contributed by atoms with E-state index in [9.17, 15) is 4.79 Å². The fraction of sp³-hybridized carbons (Fsp3) is 0.947. The fourth-order valence-corrected chi connectivity index (χ4v) is 7.89. The van der Waals surface area contributed by atoms with Gasteiger partial charge < -0.3 is 4.74 Å². The van der Waals surface area contributed by atoms with Crippen LogP contribution >= 0.6 is 0 Å². The van der Waals surface area contributed by atoms with Gasteiger partial charge in [0.1, 0.15) is 0 Å². The summed E-state index contributed by atoms with van der Waals surface area (Å²) < 4.78 is 5.43. The van der Waals surface area contributed by atoms with Gasteiger partial charge in [-0.1, -0.05) is 20.8 Å². The minimum Gasteiger partial charge on any atom is -0.465 e. The highest BCUT2D eigenvalue weighted by molar-refractivity contribution is 5.72. The van der Waals surface area contributed by atoms with Gasteiger partial charge in [-0.15, -0.1) is 0 Å². The summed E-state index contributed by atoms with van der Waals surface area (Å²) in [7, 11) is 0. The van der Waals surface area contributed by atoms with Gasteiger partial charge in [0.05, 0.1) is 13.0 Å². The lowest BCUT2D eigenvalue weighted by atomic mass is 9.56. The Morgan fingerprint density at radius 2 is 1.90 bits per heavy atom. The van der Waals surface area contributed by atoms with Crippen LogP contribution in [0.3, 0.4) is 0 Å². The van der Waals surface area contributed by atoms with E-state index in [1.165, 1.54) is 25.7 Å². The summed E-state index contributed by atoms with van der Waals surface area (Å²) in [6.07, 6.45) is 6.43. The van der Waals surface area contributed by atoms with Crippen molar-refractivity contribution in [3.63, 3.8) is 0 Å². The van der Waals surface area contributed by atoms with Crippen molar-refractivity contribution in [2.45, 2.75) is 52.9 Å². The number of rotatable bonds is 0. The van der Waals surface area contributed by atoms with E-state index in [1.54, 1.807) is 0 Å². The van der Waals surface area contributed by atoms with E-state index in [-0.39, 0.29) is 11.4 Å². The first-order chi connectivity index (χ1) is 9.89. The van der Waals surface area contributed by atoms with Gasteiger partial charge in [-0.3, -0.25) is 4.79 Å². The molecule has 1 saturated heterocycles. The molecule has 116 valence electrons. The highest BCUT2D eigenvalue weighted by Gasteiger charge is 2.70. The zero-order valence-corrected chi connectivity index (χ0v) is 13.6. The molecule has 4 aliphatic carbocycles. The molecule has 2 heteroatoms. The lowest BCUT2D eigenvalue weighted by Crippen LogP contribution is -2.44. The van der Waals surface area contributed by atoms with Crippen molar-refractivity contribution in [2.24, 2.45) is 52.3 Å². The van der Waals surface area contributed by atoms with Gasteiger partial charge in [0.15, 0.2) is 0 Å².